The Hall–Kier alpha value is -2.35. The van der Waals surface area contributed by atoms with Gasteiger partial charge in [0.2, 0.25) is 0 Å². The molecule has 0 bridgehead atoms. The summed E-state index contributed by atoms with van der Waals surface area (Å²) in [5.41, 5.74) is 9.60. The summed E-state index contributed by atoms with van der Waals surface area (Å²) in [5, 5.41) is 0. The van der Waals surface area contributed by atoms with Crippen LogP contribution in [0, 0.1) is 19.3 Å². The van der Waals surface area contributed by atoms with Crippen LogP contribution < -0.4 is 10.6 Å². The largest absolute Gasteiger partial charge is 0.444 e. The molecule has 1 aromatic carbocycles. The summed E-state index contributed by atoms with van der Waals surface area (Å²) in [6, 6.07) is 4.09. The fourth-order valence-electron chi connectivity index (χ4n) is 2.73. The zero-order chi connectivity index (χ0) is 17.9. The molecule has 1 saturated heterocycles. The van der Waals surface area contributed by atoms with Gasteiger partial charge in [0.15, 0.2) is 0 Å². The molecule has 1 aliphatic heterocycles. The molecule has 0 atom stereocenters. The Labute approximate surface area is 144 Å². The number of carbonyl (C=O) groups is 1. The molecule has 1 fully saturated rings. The first-order valence-corrected chi connectivity index (χ1v) is 8.26. The molecular weight excluding hydrogens is 302 g/mol. The molecule has 0 unspecified atom stereocenters. The van der Waals surface area contributed by atoms with Gasteiger partial charge in [-0.2, -0.15) is 0 Å². The average Bonchev–Trinajstić information content (AvgIpc) is 2.50. The smallest absolute Gasteiger partial charge is 0.410 e. The maximum atomic E-state index is 12.1. The maximum Gasteiger partial charge on any atom is 0.410 e. The molecule has 0 radical (unpaired) electrons. The monoisotopic (exact) mass is 329 g/mol. The van der Waals surface area contributed by atoms with Crippen molar-refractivity contribution in [1.29, 1.82) is 0 Å². The van der Waals surface area contributed by atoms with Crippen LogP contribution in [-0.2, 0) is 11.2 Å². The van der Waals surface area contributed by atoms with Crippen molar-refractivity contribution in [2.75, 3.05) is 36.8 Å². The Bertz CT molecular complexity index is 648. The zero-order valence-corrected chi connectivity index (χ0v) is 15.1. The van der Waals surface area contributed by atoms with Gasteiger partial charge >= 0.3 is 6.09 Å². The number of nitrogens with two attached hydrogens (primary N) is 1. The number of ether oxygens (including phenoxy) is 1. The van der Waals surface area contributed by atoms with Crippen molar-refractivity contribution in [2.24, 2.45) is 0 Å². The summed E-state index contributed by atoms with van der Waals surface area (Å²) in [5.74, 6) is 2.68. The third-order valence-electron chi connectivity index (χ3n) is 4.13. The van der Waals surface area contributed by atoms with Crippen molar-refractivity contribution in [3.8, 4) is 12.3 Å². The van der Waals surface area contributed by atoms with Crippen LogP contribution in [0.25, 0.3) is 0 Å². The summed E-state index contributed by atoms with van der Waals surface area (Å²) in [6.45, 7) is 10.4. The lowest BCUT2D eigenvalue weighted by Crippen LogP contribution is -2.50. The third kappa shape index (κ3) is 4.35. The highest BCUT2D eigenvalue weighted by molar-refractivity contribution is 5.69. The Morgan fingerprint density at radius 3 is 2.46 bits per heavy atom. The van der Waals surface area contributed by atoms with E-state index in [1.165, 1.54) is 0 Å². The van der Waals surface area contributed by atoms with Gasteiger partial charge in [0.1, 0.15) is 5.60 Å². The molecule has 0 aromatic heterocycles. The first-order chi connectivity index (χ1) is 11.2. The quantitative estimate of drug-likeness (QED) is 0.669. The van der Waals surface area contributed by atoms with Gasteiger partial charge in [-0.3, -0.25) is 0 Å². The van der Waals surface area contributed by atoms with E-state index in [0.717, 1.165) is 35.6 Å². The second-order valence-corrected chi connectivity index (χ2v) is 7.15. The summed E-state index contributed by atoms with van der Waals surface area (Å²) >= 11 is 0. The average molecular weight is 329 g/mol. The topological polar surface area (TPSA) is 58.8 Å². The van der Waals surface area contributed by atoms with Crippen LogP contribution in [0.5, 0.6) is 0 Å². The van der Waals surface area contributed by atoms with Crippen molar-refractivity contribution in [1.82, 2.24) is 4.90 Å². The van der Waals surface area contributed by atoms with Crippen molar-refractivity contribution in [3.63, 3.8) is 0 Å². The Kier molecular flexibility index (Phi) is 5.28. The number of anilines is 2. The number of benzene rings is 1. The summed E-state index contributed by atoms with van der Waals surface area (Å²) in [7, 11) is 0. The van der Waals surface area contributed by atoms with E-state index in [1.807, 2.05) is 33.8 Å². The minimum atomic E-state index is -0.469. The van der Waals surface area contributed by atoms with Crippen LogP contribution in [0.4, 0.5) is 16.2 Å². The van der Waals surface area contributed by atoms with Gasteiger partial charge < -0.3 is 20.3 Å². The number of nitrogen functional groups attached to an aromatic ring is 1. The lowest BCUT2D eigenvalue weighted by molar-refractivity contribution is 0.0240. The molecule has 0 spiro atoms. The number of hydrogen-bond donors (Lipinski definition) is 1. The van der Waals surface area contributed by atoms with Crippen LogP contribution in [0.2, 0.25) is 0 Å². The van der Waals surface area contributed by atoms with E-state index in [0.29, 0.717) is 19.5 Å². The van der Waals surface area contributed by atoms with Gasteiger partial charge in [-0.05, 0) is 51.0 Å². The van der Waals surface area contributed by atoms with E-state index in [-0.39, 0.29) is 6.09 Å². The number of carbonyl (C=O) groups excluding carboxylic acids is 1. The van der Waals surface area contributed by atoms with Crippen LogP contribution in [0.15, 0.2) is 12.1 Å². The zero-order valence-electron chi connectivity index (χ0n) is 15.1. The molecule has 2 N–H and O–H groups in total. The van der Waals surface area contributed by atoms with E-state index in [1.54, 1.807) is 4.90 Å². The van der Waals surface area contributed by atoms with Crippen LogP contribution in [-0.4, -0.2) is 42.8 Å². The van der Waals surface area contributed by atoms with Crippen molar-refractivity contribution in [2.45, 2.75) is 39.7 Å². The number of amides is 1. The van der Waals surface area contributed by atoms with E-state index in [4.69, 9.17) is 16.9 Å². The minimum absolute atomic E-state index is 0.251. The molecule has 5 heteroatoms. The second-order valence-electron chi connectivity index (χ2n) is 7.15. The van der Waals surface area contributed by atoms with Crippen LogP contribution in [0.3, 0.4) is 0 Å². The molecule has 1 aromatic rings. The Morgan fingerprint density at radius 1 is 1.29 bits per heavy atom. The highest BCUT2D eigenvalue weighted by Crippen LogP contribution is 2.26. The third-order valence-corrected chi connectivity index (χ3v) is 4.13. The van der Waals surface area contributed by atoms with Gasteiger partial charge in [-0.25, -0.2) is 4.79 Å². The van der Waals surface area contributed by atoms with E-state index < -0.39 is 5.60 Å². The number of nitrogens with zero attached hydrogens (tertiary/aromatic N) is 2. The maximum absolute atomic E-state index is 12.1. The summed E-state index contributed by atoms with van der Waals surface area (Å²) < 4.78 is 5.43. The molecule has 2 rings (SSSR count). The minimum Gasteiger partial charge on any atom is -0.444 e. The van der Waals surface area contributed by atoms with Gasteiger partial charge in [0.25, 0.3) is 0 Å². The van der Waals surface area contributed by atoms with Crippen molar-refractivity contribution in [3.05, 3.63) is 23.3 Å². The lowest BCUT2D eigenvalue weighted by Gasteiger charge is -2.37. The predicted molar refractivity (Wildman–Crippen MR) is 98.1 cm³/mol. The van der Waals surface area contributed by atoms with Crippen molar-refractivity contribution < 1.29 is 9.53 Å². The molecule has 24 heavy (non-hydrogen) atoms. The number of terminal acetylenes is 1. The highest BCUT2D eigenvalue weighted by Gasteiger charge is 2.26. The van der Waals surface area contributed by atoms with Crippen LogP contribution >= 0.6 is 0 Å². The van der Waals surface area contributed by atoms with Gasteiger partial charge in [-0.1, -0.05) is 0 Å². The molecule has 130 valence electrons. The SMILES string of the molecule is C#CCc1cc(N2CCN(C(=O)OC(C)(C)C)CC2)cc(N)c1C. The Balaban J connectivity index is 2.05. The normalized spacial score (nSPS) is 15.1. The molecule has 1 amide bonds. The van der Waals surface area contributed by atoms with Gasteiger partial charge in [0, 0.05) is 44.0 Å². The first kappa shape index (κ1) is 18.0. The van der Waals surface area contributed by atoms with E-state index in [9.17, 15) is 4.79 Å². The lowest BCUT2D eigenvalue weighted by atomic mass is 10.0. The molecule has 0 saturated carbocycles. The van der Waals surface area contributed by atoms with E-state index >= 15 is 0 Å². The number of rotatable bonds is 2. The molecular formula is C19H27N3O2. The standard InChI is InChI=1S/C19H27N3O2/c1-6-7-15-12-16(13-17(20)14(15)2)21-8-10-22(11-9-21)18(23)24-19(3,4)5/h1,12-13H,7-11,20H2,2-5H3. The predicted octanol–water partition coefficient (Wildman–Crippen LogP) is 2.81. The highest BCUT2D eigenvalue weighted by atomic mass is 16.6. The molecule has 0 aliphatic carbocycles. The Morgan fingerprint density at radius 2 is 1.92 bits per heavy atom. The molecule has 1 aliphatic rings. The molecule has 1 heterocycles. The van der Waals surface area contributed by atoms with Crippen LogP contribution in [0.1, 0.15) is 31.9 Å². The van der Waals surface area contributed by atoms with E-state index in [2.05, 4.69) is 16.9 Å². The summed E-state index contributed by atoms with van der Waals surface area (Å²) in [6.07, 6.45) is 5.77. The van der Waals surface area contributed by atoms with Crippen molar-refractivity contribution >= 4 is 17.5 Å². The number of piperazine rings is 1. The summed E-state index contributed by atoms with van der Waals surface area (Å²) in [4.78, 5) is 16.1. The fraction of sp³-hybridized carbons (Fsp3) is 0.526. The number of hydrogen-bond acceptors (Lipinski definition) is 4. The van der Waals surface area contributed by atoms with Gasteiger partial charge in [0.05, 0.1) is 0 Å². The second kappa shape index (κ2) is 7.04. The van der Waals surface area contributed by atoms with Gasteiger partial charge in [-0.15, -0.1) is 12.3 Å². The molecule has 5 nitrogen and oxygen atoms in total. The fourth-order valence-corrected chi connectivity index (χ4v) is 2.73. The first-order valence-electron chi connectivity index (χ1n) is 8.26.